The summed E-state index contributed by atoms with van der Waals surface area (Å²) in [5, 5.41) is 0. The molecule has 0 radical (unpaired) electrons. The lowest BCUT2D eigenvalue weighted by Crippen LogP contribution is -2.09. The Morgan fingerprint density at radius 2 is 1.25 bits per heavy atom. The van der Waals surface area contributed by atoms with Crippen LogP contribution in [0.25, 0.3) is 11.1 Å². The van der Waals surface area contributed by atoms with Crippen LogP contribution in [-0.4, -0.2) is 19.2 Å². The van der Waals surface area contributed by atoms with Crippen LogP contribution in [-0.2, 0) is 4.74 Å². The molecule has 0 amide bonds. The van der Waals surface area contributed by atoms with Gasteiger partial charge in [-0.25, -0.2) is 4.79 Å². The molecule has 3 rings (SSSR count). The van der Waals surface area contributed by atoms with E-state index in [1.165, 1.54) is 32.1 Å². The van der Waals surface area contributed by atoms with Gasteiger partial charge in [0.05, 0.1) is 18.3 Å². The standard InChI is InChI=1S/C32H40O4/c1-4-6-7-8-9-10-24-35-30-19-15-27(16-20-30)28-17-21-31(22-18-28)36-32(33)29-13-11-26(12-14-29)25(3)34-23-5-2/h11-22,25H,4-10,23-24H2,1-3H3. The van der Waals surface area contributed by atoms with E-state index in [0.29, 0.717) is 11.3 Å². The lowest BCUT2D eigenvalue weighted by Gasteiger charge is -2.13. The minimum atomic E-state index is -0.372. The normalized spacial score (nSPS) is 11.8. The van der Waals surface area contributed by atoms with Gasteiger partial charge in [0, 0.05) is 6.61 Å². The number of carbonyl (C=O) groups excluding carboxylic acids is 1. The van der Waals surface area contributed by atoms with Gasteiger partial charge in [-0.05, 0) is 72.9 Å². The number of hydrogen-bond donors (Lipinski definition) is 0. The molecule has 0 saturated carbocycles. The van der Waals surface area contributed by atoms with E-state index in [4.69, 9.17) is 14.2 Å². The van der Waals surface area contributed by atoms with Crippen molar-refractivity contribution in [2.45, 2.75) is 71.8 Å². The Labute approximate surface area is 216 Å². The Balaban J connectivity index is 1.47. The van der Waals surface area contributed by atoms with Gasteiger partial charge in [-0.1, -0.05) is 82.3 Å². The first-order valence-corrected chi connectivity index (χ1v) is 13.4. The molecular weight excluding hydrogens is 448 g/mol. The van der Waals surface area contributed by atoms with Crippen molar-refractivity contribution in [1.82, 2.24) is 0 Å². The second-order valence-electron chi connectivity index (χ2n) is 9.19. The molecule has 0 spiro atoms. The monoisotopic (exact) mass is 488 g/mol. The van der Waals surface area contributed by atoms with Crippen LogP contribution in [0.5, 0.6) is 11.5 Å². The van der Waals surface area contributed by atoms with Crippen LogP contribution in [0.4, 0.5) is 0 Å². The number of hydrogen-bond acceptors (Lipinski definition) is 4. The first-order valence-electron chi connectivity index (χ1n) is 13.4. The van der Waals surface area contributed by atoms with E-state index >= 15 is 0 Å². The van der Waals surface area contributed by atoms with Gasteiger partial charge < -0.3 is 14.2 Å². The number of benzene rings is 3. The highest BCUT2D eigenvalue weighted by molar-refractivity contribution is 5.91. The number of rotatable bonds is 15. The van der Waals surface area contributed by atoms with Crippen LogP contribution >= 0.6 is 0 Å². The van der Waals surface area contributed by atoms with Crippen molar-refractivity contribution in [3.8, 4) is 22.6 Å². The van der Waals surface area contributed by atoms with Gasteiger partial charge >= 0.3 is 5.97 Å². The zero-order valence-corrected chi connectivity index (χ0v) is 22.0. The van der Waals surface area contributed by atoms with Gasteiger partial charge in [0.25, 0.3) is 0 Å². The molecule has 3 aromatic rings. The Morgan fingerprint density at radius 1 is 0.667 bits per heavy atom. The van der Waals surface area contributed by atoms with E-state index in [2.05, 4.69) is 26.0 Å². The van der Waals surface area contributed by atoms with Crippen LogP contribution in [0.2, 0.25) is 0 Å². The van der Waals surface area contributed by atoms with Crippen LogP contribution in [0, 0.1) is 0 Å². The number of ether oxygens (including phenoxy) is 3. The van der Waals surface area contributed by atoms with Crippen LogP contribution in [0.3, 0.4) is 0 Å². The molecule has 0 saturated heterocycles. The van der Waals surface area contributed by atoms with Gasteiger partial charge in [-0.3, -0.25) is 0 Å². The smallest absolute Gasteiger partial charge is 0.343 e. The fourth-order valence-corrected chi connectivity index (χ4v) is 3.98. The Morgan fingerprint density at radius 3 is 1.86 bits per heavy atom. The molecule has 4 nitrogen and oxygen atoms in total. The van der Waals surface area contributed by atoms with Gasteiger partial charge in [0.2, 0.25) is 0 Å². The predicted octanol–water partition coefficient (Wildman–Crippen LogP) is 8.80. The minimum absolute atomic E-state index is 0.00325. The van der Waals surface area contributed by atoms with E-state index in [1.807, 2.05) is 55.5 Å². The summed E-state index contributed by atoms with van der Waals surface area (Å²) in [5.74, 6) is 1.05. The molecule has 0 heterocycles. The van der Waals surface area contributed by atoms with Crippen molar-refractivity contribution in [3.05, 3.63) is 83.9 Å². The maximum atomic E-state index is 12.6. The molecule has 0 fully saturated rings. The number of carbonyl (C=O) groups is 1. The third-order valence-corrected chi connectivity index (χ3v) is 6.21. The molecule has 0 aromatic heterocycles. The third kappa shape index (κ3) is 8.83. The van der Waals surface area contributed by atoms with Crippen LogP contribution in [0.1, 0.15) is 87.7 Å². The summed E-state index contributed by atoms with van der Waals surface area (Å²) in [6.07, 6.45) is 8.53. The van der Waals surface area contributed by atoms with Crippen molar-refractivity contribution in [3.63, 3.8) is 0 Å². The predicted molar refractivity (Wildman–Crippen MR) is 147 cm³/mol. The molecular formula is C32H40O4. The second-order valence-corrected chi connectivity index (χ2v) is 9.19. The second kappa shape index (κ2) is 15.1. The van der Waals surface area contributed by atoms with Gasteiger partial charge in [-0.15, -0.1) is 0 Å². The summed E-state index contributed by atoms with van der Waals surface area (Å²) in [4.78, 5) is 12.6. The highest BCUT2D eigenvalue weighted by Gasteiger charge is 2.11. The topological polar surface area (TPSA) is 44.8 Å². The van der Waals surface area contributed by atoms with Crippen molar-refractivity contribution < 1.29 is 19.0 Å². The first-order chi connectivity index (χ1) is 17.6. The Kier molecular flexibility index (Phi) is 11.5. The fourth-order valence-electron chi connectivity index (χ4n) is 3.98. The lowest BCUT2D eigenvalue weighted by atomic mass is 10.1. The van der Waals surface area contributed by atoms with Crippen LogP contribution in [0.15, 0.2) is 72.8 Å². The maximum absolute atomic E-state index is 12.6. The molecule has 36 heavy (non-hydrogen) atoms. The molecule has 0 aliphatic heterocycles. The summed E-state index contributed by atoms with van der Waals surface area (Å²) in [5.41, 5.74) is 3.71. The summed E-state index contributed by atoms with van der Waals surface area (Å²) < 4.78 is 17.2. The van der Waals surface area contributed by atoms with E-state index < -0.39 is 0 Å². The third-order valence-electron chi connectivity index (χ3n) is 6.21. The van der Waals surface area contributed by atoms with Crippen molar-refractivity contribution >= 4 is 5.97 Å². The van der Waals surface area contributed by atoms with E-state index in [-0.39, 0.29) is 12.1 Å². The molecule has 4 heteroatoms. The Hall–Kier alpha value is -3.11. The molecule has 1 unspecified atom stereocenters. The van der Waals surface area contributed by atoms with Gasteiger partial charge in [0.1, 0.15) is 11.5 Å². The quantitative estimate of drug-likeness (QED) is 0.122. The van der Waals surface area contributed by atoms with Gasteiger partial charge in [-0.2, -0.15) is 0 Å². The van der Waals surface area contributed by atoms with Gasteiger partial charge in [0.15, 0.2) is 0 Å². The average Bonchev–Trinajstić information content (AvgIpc) is 2.92. The Bertz CT molecular complexity index is 1020. The zero-order chi connectivity index (χ0) is 25.6. The summed E-state index contributed by atoms with van der Waals surface area (Å²) >= 11 is 0. The zero-order valence-electron chi connectivity index (χ0n) is 22.0. The minimum Gasteiger partial charge on any atom is -0.494 e. The van der Waals surface area contributed by atoms with Crippen molar-refractivity contribution in [1.29, 1.82) is 0 Å². The van der Waals surface area contributed by atoms with E-state index in [1.54, 1.807) is 12.1 Å². The largest absolute Gasteiger partial charge is 0.494 e. The molecule has 0 aliphatic carbocycles. The highest BCUT2D eigenvalue weighted by Crippen LogP contribution is 2.25. The molecule has 0 aliphatic rings. The van der Waals surface area contributed by atoms with E-state index in [0.717, 1.165) is 48.5 Å². The summed E-state index contributed by atoms with van der Waals surface area (Å²) in [7, 11) is 0. The van der Waals surface area contributed by atoms with Crippen LogP contribution < -0.4 is 9.47 Å². The molecule has 1 atom stereocenters. The summed E-state index contributed by atoms with van der Waals surface area (Å²) in [6.45, 7) is 7.82. The number of esters is 1. The van der Waals surface area contributed by atoms with Crippen molar-refractivity contribution in [2.75, 3.05) is 13.2 Å². The lowest BCUT2D eigenvalue weighted by molar-refractivity contribution is 0.0660. The fraction of sp³-hybridized carbons (Fsp3) is 0.406. The molecule has 0 N–H and O–H groups in total. The SMILES string of the molecule is CCCCCCCCOc1ccc(-c2ccc(OC(=O)c3ccc(C(C)OCCC)cc3)cc2)cc1. The summed E-state index contributed by atoms with van der Waals surface area (Å²) in [6, 6.07) is 23.1. The number of unbranched alkanes of at least 4 members (excludes halogenated alkanes) is 5. The van der Waals surface area contributed by atoms with Crippen molar-refractivity contribution in [2.24, 2.45) is 0 Å². The molecule has 0 bridgehead atoms. The van der Waals surface area contributed by atoms with E-state index in [9.17, 15) is 4.79 Å². The molecule has 3 aromatic carbocycles. The maximum Gasteiger partial charge on any atom is 0.343 e. The average molecular weight is 489 g/mol. The molecule has 192 valence electrons. The highest BCUT2D eigenvalue weighted by atomic mass is 16.5. The first kappa shape index (κ1) is 27.5.